The van der Waals surface area contributed by atoms with E-state index in [4.69, 9.17) is 4.74 Å². The summed E-state index contributed by atoms with van der Waals surface area (Å²) in [6.45, 7) is 5.73. The molecule has 2 aromatic carbocycles. The average molecular weight is 509 g/mol. The van der Waals surface area contributed by atoms with Crippen LogP contribution in [0.3, 0.4) is 0 Å². The van der Waals surface area contributed by atoms with Crippen LogP contribution in [0.1, 0.15) is 24.4 Å². The second kappa shape index (κ2) is 9.61. The number of benzene rings is 2. The molecule has 3 aliphatic heterocycles. The number of aromatic nitrogens is 1. The molecule has 0 spiro atoms. The summed E-state index contributed by atoms with van der Waals surface area (Å²) in [7, 11) is -2.40. The van der Waals surface area contributed by atoms with Crippen molar-refractivity contribution in [3.63, 3.8) is 0 Å². The Morgan fingerprint density at radius 2 is 2.03 bits per heavy atom. The monoisotopic (exact) mass is 508 g/mol. The molecule has 3 saturated heterocycles. The fourth-order valence-corrected chi connectivity index (χ4v) is 6.85. The Bertz CT molecular complexity index is 1410. The van der Waals surface area contributed by atoms with Crippen molar-refractivity contribution in [1.82, 2.24) is 14.6 Å². The number of ether oxygens (including phenoxy) is 1. The van der Waals surface area contributed by atoms with Crippen molar-refractivity contribution in [1.29, 1.82) is 0 Å². The first-order valence-electron chi connectivity index (χ1n) is 11.9. The van der Waals surface area contributed by atoms with Gasteiger partial charge in [-0.3, -0.25) is 20.0 Å². The number of nitrogens with zero attached hydrogens (tertiary/aromatic N) is 3. The van der Waals surface area contributed by atoms with Crippen LogP contribution in [0, 0.1) is 22.0 Å². The van der Waals surface area contributed by atoms with Gasteiger partial charge in [-0.05, 0) is 73.2 Å². The van der Waals surface area contributed by atoms with Crippen LogP contribution in [0.2, 0.25) is 0 Å². The van der Waals surface area contributed by atoms with Crippen LogP contribution in [0.15, 0.2) is 72.3 Å². The minimum Gasteiger partial charge on any atom is -0.497 e. The predicted molar refractivity (Wildman–Crippen MR) is 136 cm³/mol. The number of pyridine rings is 1. The number of non-ortho nitro benzene ring substituents is 1. The zero-order valence-electron chi connectivity index (χ0n) is 19.9. The summed E-state index contributed by atoms with van der Waals surface area (Å²) in [5.74, 6) is 1.48. The van der Waals surface area contributed by atoms with E-state index in [0.29, 0.717) is 17.6 Å². The molecule has 5 unspecified atom stereocenters. The third kappa shape index (κ3) is 4.47. The number of nitro benzene ring substituents is 1. The Balaban J connectivity index is 1.59. The highest BCUT2D eigenvalue weighted by Gasteiger charge is 2.44. The highest BCUT2D eigenvalue weighted by atomic mass is 32.2. The molecule has 1 aromatic heterocycles. The summed E-state index contributed by atoms with van der Waals surface area (Å²) in [6, 6.07) is 11.8. The number of methoxy groups -OCH3 is 1. The maximum Gasteiger partial charge on any atom is 0.269 e. The predicted octanol–water partition coefficient (Wildman–Crippen LogP) is 4.07. The van der Waals surface area contributed by atoms with Crippen LogP contribution < -0.4 is 9.46 Å². The first-order valence-corrected chi connectivity index (χ1v) is 13.3. The van der Waals surface area contributed by atoms with Crippen LogP contribution in [0.4, 0.5) is 5.69 Å². The van der Waals surface area contributed by atoms with Gasteiger partial charge in [0.05, 0.1) is 28.5 Å². The number of nitrogens with one attached hydrogen (secondary N) is 1. The number of rotatable bonds is 8. The maximum absolute atomic E-state index is 13.6. The summed E-state index contributed by atoms with van der Waals surface area (Å²) in [6.07, 6.45) is 5.59. The SMILES string of the molecule is C=CC1CN2CCC1CC2C(NS(=O)(=O)c1ccc([N+](=O)[O-])cc1)c1ccnc2ccc(OC)cc12. The molecule has 4 heterocycles. The van der Waals surface area contributed by atoms with Gasteiger partial charge in [0.1, 0.15) is 5.75 Å². The first-order chi connectivity index (χ1) is 17.3. The van der Waals surface area contributed by atoms with Crippen molar-refractivity contribution in [3.8, 4) is 5.75 Å². The van der Waals surface area contributed by atoms with Gasteiger partial charge in [0.2, 0.25) is 10.0 Å². The lowest BCUT2D eigenvalue weighted by Crippen LogP contribution is -2.57. The number of hydrogen-bond acceptors (Lipinski definition) is 7. The van der Waals surface area contributed by atoms with E-state index in [1.807, 2.05) is 30.3 Å². The number of fused-ring (bicyclic) bond motifs is 4. The Morgan fingerprint density at radius 1 is 1.25 bits per heavy atom. The molecule has 0 amide bonds. The molecule has 0 aliphatic carbocycles. The van der Waals surface area contributed by atoms with Crippen molar-refractivity contribution in [2.24, 2.45) is 11.8 Å². The molecule has 2 bridgehead atoms. The molecule has 9 nitrogen and oxygen atoms in total. The molecule has 0 radical (unpaired) electrons. The van der Waals surface area contributed by atoms with E-state index >= 15 is 0 Å². The smallest absolute Gasteiger partial charge is 0.269 e. The van der Waals surface area contributed by atoms with Gasteiger partial charge in [0.25, 0.3) is 5.69 Å². The van der Waals surface area contributed by atoms with E-state index < -0.39 is 21.0 Å². The summed E-state index contributed by atoms with van der Waals surface area (Å²) in [5, 5.41) is 11.9. The molecule has 1 N–H and O–H groups in total. The zero-order chi connectivity index (χ0) is 25.4. The largest absolute Gasteiger partial charge is 0.497 e. The number of piperidine rings is 3. The van der Waals surface area contributed by atoms with E-state index in [1.54, 1.807) is 13.3 Å². The standard InChI is InChI=1S/C26H28N4O5S/c1-3-17-16-29-13-11-18(17)14-25(29)26(22-10-12-27-24-9-6-20(35-2)15-23(22)24)28-36(33,34)21-7-4-19(5-8-21)30(31)32/h3-10,12,15,17-18,25-26,28H,1,11,13-14,16H2,2H3. The van der Waals surface area contributed by atoms with Crippen LogP contribution in [0.25, 0.3) is 10.9 Å². The van der Waals surface area contributed by atoms with E-state index in [-0.39, 0.29) is 16.6 Å². The van der Waals surface area contributed by atoms with Gasteiger partial charge in [-0.15, -0.1) is 6.58 Å². The van der Waals surface area contributed by atoms with Crippen molar-refractivity contribution in [2.45, 2.75) is 29.8 Å². The molecule has 6 rings (SSSR count). The highest BCUT2D eigenvalue weighted by molar-refractivity contribution is 7.89. The van der Waals surface area contributed by atoms with Gasteiger partial charge >= 0.3 is 0 Å². The number of hydrogen-bond donors (Lipinski definition) is 1. The summed E-state index contributed by atoms with van der Waals surface area (Å²) >= 11 is 0. The molecule has 5 atom stereocenters. The van der Waals surface area contributed by atoms with Crippen molar-refractivity contribution in [3.05, 3.63) is 83.1 Å². The Kier molecular flexibility index (Phi) is 6.50. The normalized spacial score (nSPS) is 24.4. The van der Waals surface area contributed by atoms with Crippen LogP contribution in [-0.2, 0) is 10.0 Å². The summed E-state index contributed by atoms with van der Waals surface area (Å²) in [5.41, 5.74) is 1.40. The fourth-order valence-electron chi connectivity index (χ4n) is 5.60. The van der Waals surface area contributed by atoms with E-state index in [0.717, 1.165) is 42.4 Å². The van der Waals surface area contributed by atoms with Gasteiger partial charge in [-0.25, -0.2) is 13.1 Å². The summed E-state index contributed by atoms with van der Waals surface area (Å²) < 4.78 is 35.5. The molecule has 3 aliphatic rings. The molecule has 188 valence electrons. The minimum absolute atomic E-state index is 0.0195. The van der Waals surface area contributed by atoms with Gasteiger partial charge in [0.15, 0.2) is 0 Å². The van der Waals surface area contributed by atoms with E-state index in [9.17, 15) is 18.5 Å². The third-order valence-electron chi connectivity index (χ3n) is 7.50. The Hall–Kier alpha value is -3.34. The first kappa shape index (κ1) is 24.4. The topological polar surface area (TPSA) is 115 Å². The lowest BCUT2D eigenvalue weighted by Gasteiger charge is -2.51. The van der Waals surface area contributed by atoms with Crippen molar-refractivity contribution < 1.29 is 18.1 Å². The molecule has 3 fully saturated rings. The molecule has 10 heteroatoms. The zero-order valence-corrected chi connectivity index (χ0v) is 20.7. The Labute approximate surface area is 210 Å². The van der Waals surface area contributed by atoms with E-state index in [1.165, 1.54) is 24.3 Å². The van der Waals surface area contributed by atoms with Gasteiger partial charge < -0.3 is 4.74 Å². The van der Waals surface area contributed by atoms with Crippen LogP contribution in [-0.4, -0.2) is 49.5 Å². The Morgan fingerprint density at radius 3 is 2.67 bits per heavy atom. The number of nitro groups is 1. The molecule has 36 heavy (non-hydrogen) atoms. The maximum atomic E-state index is 13.6. The van der Waals surface area contributed by atoms with Crippen LogP contribution in [0.5, 0.6) is 5.75 Å². The average Bonchev–Trinajstić information content (AvgIpc) is 2.91. The summed E-state index contributed by atoms with van der Waals surface area (Å²) in [4.78, 5) is 17.3. The fraction of sp³-hybridized carbons (Fsp3) is 0.346. The quantitative estimate of drug-likeness (QED) is 0.277. The third-order valence-corrected chi connectivity index (χ3v) is 8.95. The van der Waals surface area contributed by atoms with E-state index in [2.05, 4.69) is 21.2 Å². The van der Waals surface area contributed by atoms with Crippen molar-refractivity contribution >= 4 is 26.6 Å². The van der Waals surface area contributed by atoms with Crippen LogP contribution >= 0.6 is 0 Å². The van der Waals surface area contributed by atoms with Gasteiger partial charge in [-0.1, -0.05) is 6.08 Å². The number of sulfonamides is 1. The van der Waals surface area contributed by atoms with Gasteiger partial charge in [0, 0.05) is 36.3 Å². The highest BCUT2D eigenvalue weighted by Crippen LogP contribution is 2.43. The lowest BCUT2D eigenvalue weighted by atomic mass is 9.73. The minimum atomic E-state index is -3.99. The second-order valence-corrected chi connectivity index (χ2v) is 11.1. The lowest BCUT2D eigenvalue weighted by molar-refractivity contribution is -0.384. The molecule has 0 saturated carbocycles. The molecular formula is C26H28N4O5S. The molecular weight excluding hydrogens is 480 g/mol. The second-order valence-electron chi connectivity index (χ2n) is 9.38. The van der Waals surface area contributed by atoms with Gasteiger partial charge in [-0.2, -0.15) is 0 Å². The van der Waals surface area contributed by atoms with Crippen molar-refractivity contribution in [2.75, 3.05) is 20.2 Å². The molecule has 3 aromatic rings.